The van der Waals surface area contributed by atoms with E-state index >= 15 is 0 Å². The molecule has 1 fully saturated rings. The topological polar surface area (TPSA) is 95.5 Å². The number of unbranched alkanes of at least 4 members (excludes halogenated alkanes) is 3. The molecule has 2 rings (SSSR count). The first-order valence-electron chi connectivity index (χ1n) is 9.09. The van der Waals surface area contributed by atoms with E-state index in [2.05, 4.69) is 10.6 Å². The van der Waals surface area contributed by atoms with Crippen molar-refractivity contribution in [1.82, 2.24) is 10.6 Å². The van der Waals surface area contributed by atoms with Gasteiger partial charge in [-0.3, -0.25) is 9.59 Å². The van der Waals surface area contributed by atoms with E-state index in [1.807, 2.05) is 30.3 Å². The van der Waals surface area contributed by atoms with Crippen LogP contribution in [-0.4, -0.2) is 35.9 Å². The van der Waals surface area contributed by atoms with Gasteiger partial charge >= 0.3 is 6.09 Å². The molecule has 0 aromatic heterocycles. The summed E-state index contributed by atoms with van der Waals surface area (Å²) in [5.74, 6) is -0.211. The number of ketones is 2. The summed E-state index contributed by atoms with van der Waals surface area (Å²) in [5, 5.41) is 13.8. The van der Waals surface area contributed by atoms with Gasteiger partial charge in [0.2, 0.25) is 0 Å². The van der Waals surface area contributed by atoms with Crippen molar-refractivity contribution in [2.24, 2.45) is 0 Å². The van der Waals surface area contributed by atoms with Crippen LogP contribution in [0.5, 0.6) is 0 Å². The Kier molecular flexibility index (Phi) is 7.86. The molecule has 0 saturated heterocycles. The Hall–Kier alpha value is -2.63. The van der Waals surface area contributed by atoms with Gasteiger partial charge in [0.25, 0.3) is 0 Å². The molecule has 26 heavy (non-hydrogen) atoms. The molecule has 0 aliphatic heterocycles. The van der Waals surface area contributed by atoms with Crippen molar-refractivity contribution in [2.75, 3.05) is 13.1 Å². The van der Waals surface area contributed by atoms with Gasteiger partial charge in [-0.1, -0.05) is 43.2 Å². The monoisotopic (exact) mass is 358 g/mol. The molecule has 0 atom stereocenters. The van der Waals surface area contributed by atoms with Crippen LogP contribution in [0, 0.1) is 0 Å². The Morgan fingerprint density at radius 3 is 2.23 bits per heavy atom. The van der Waals surface area contributed by atoms with E-state index in [0.717, 1.165) is 31.2 Å². The second-order valence-corrected chi connectivity index (χ2v) is 6.52. The molecular weight excluding hydrogens is 332 g/mol. The number of hydrogen-bond donors (Lipinski definition) is 3. The van der Waals surface area contributed by atoms with Gasteiger partial charge in [-0.2, -0.15) is 0 Å². The molecule has 0 heterocycles. The first-order valence-corrected chi connectivity index (χ1v) is 9.09. The van der Waals surface area contributed by atoms with Crippen molar-refractivity contribution in [1.29, 1.82) is 0 Å². The van der Waals surface area contributed by atoms with Crippen molar-refractivity contribution < 1.29 is 19.5 Å². The summed E-state index contributed by atoms with van der Waals surface area (Å²) in [6.07, 6.45) is 4.95. The van der Waals surface area contributed by atoms with Gasteiger partial charge < -0.3 is 15.7 Å². The van der Waals surface area contributed by atoms with Crippen molar-refractivity contribution in [3.63, 3.8) is 0 Å². The highest BCUT2D eigenvalue weighted by Gasteiger charge is 2.31. The van der Waals surface area contributed by atoms with Crippen molar-refractivity contribution >= 4 is 17.7 Å². The molecule has 1 aromatic carbocycles. The standard InChI is InChI=1S/C20H26N2O4/c23-18-12-16(15-8-4-3-5-9-15)13-19(24)17(18)14-21-10-6-1-2-7-11-22-20(25)26/h3-5,8-9,14,16,21-22H,1-2,6-7,10-13H2,(H,25,26). The minimum Gasteiger partial charge on any atom is -0.465 e. The number of amides is 1. The number of hydrogen-bond acceptors (Lipinski definition) is 4. The van der Waals surface area contributed by atoms with E-state index in [1.54, 1.807) is 6.20 Å². The van der Waals surface area contributed by atoms with E-state index in [4.69, 9.17) is 5.11 Å². The lowest BCUT2D eigenvalue weighted by Crippen LogP contribution is -2.26. The molecular formula is C20H26N2O4. The van der Waals surface area contributed by atoms with Gasteiger partial charge in [-0.15, -0.1) is 0 Å². The minimum atomic E-state index is -0.991. The summed E-state index contributed by atoms with van der Waals surface area (Å²) >= 11 is 0. The molecule has 1 saturated carbocycles. The molecule has 0 spiro atoms. The van der Waals surface area contributed by atoms with Crippen LogP contribution in [0.2, 0.25) is 0 Å². The lowest BCUT2D eigenvalue weighted by atomic mass is 9.80. The predicted molar refractivity (Wildman–Crippen MR) is 99.0 cm³/mol. The van der Waals surface area contributed by atoms with Crippen LogP contribution in [-0.2, 0) is 9.59 Å². The fraction of sp³-hybridized carbons (Fsp3) is 0.450. The first kappa shape index (κ1) is 19.7. The zero-order valence-electron chi connectivity index (χ0n) is 14.9. The molecule has 1 aromatic rings. The Bertz CT molecular complexity index is 635. The van der Waals surface area contributed by atoms with Crippen molar-refractivity contribution in [3.05, 3.63) is 47.7 Å². The zero-order chi connectivity index (χ0) is 18.8. The Morgan fingerprint density at radius 2 is 1.62 bits per heavy atom. The van der Waals surface area contributed by atoms with Crippen LogP contribution in [0.1, 0.15) is 50.0 Å². The van der Waals surface area contributed by atoms with Crippen LogP contribution < -0.4 is 10.6 Å². The molecule has 140 valence electrons. The number of allylic oxidation sites excluding steroid dienone is 1. The number of carbonyl (C=O) groups excluding carboxylic acids is 2. The maximum atomic E-state index is 12.3. The largest absolute Gasteiger partial charge is 0.465 e. The molecule has 1 aliphatic rings. The van der Waals surface area contributed by atoms with Crippen LogP contribution in [0.4, 0.5) is 4.79 Å². The third kappa shape index (κ3) is 6.35. The molecule has 6 nitrogen and oxygen atoms in total. The maximum Gasteiger partial charge on any atom is 0.404 e. The number of rotatable bonds is 9. The molecule has 3 N–H and O–H groups in total. The average molecular weight is 358 g/mol. The highest BCUT2D eigenvalue weighted by molar-refractivity contribution is 6.22. The molecule has 0 bridgehead atoms. The fourth-order valence-corrected chi connectivity index (χ4v) is 3.09. The normalized spacial score (nSPS) is 17.1. The van der Waals surface area contributed by atoms with Gasteiger partial charge in [0.1, 0.15) is 0 Å². The highest BCUT2D eigenvalue weighted by Crippen LogP contribution is 2.31. The Balaban J connectivity index is 1.68. The minimum absolute atomic E-state index is 0.0206. The van der Waals surface area contributed by atoms with E-state index in [9.17, 15) is 14.4 Å². The summed E-state index contributed by atoms with van der Waals surface area (Å²) in [4.78, 5) is 34.9. The van der Waals surface area contributed by atoms with Crippen LogP contribution in [0.15, 0.2) is 42.1 Å². The Labute approximate surface area is 153 Å². The van der Waals surface area contributed by atoms with Crippen molar-refractivity contribution in [3.8, 4) is 0 Å². The van der Waals surface area contributed by atoms with E-state index in [0.29, 0.717) is 25.9 Å². The van der Waals surface area contributed by atoms with Crippen LogP contribution in [0.3, 0.4) is 0 Å². The van der Waals surface area contributed by atoms with Crippen molar-refractivity contribution in [2.45, 2.75) is 44.4 Å². The molecule has 0 radical (unpaired) electrons. The Morgan fingerprint density at radius 1 is 1.00 bits per heavy atom. The molecule has 1 amide bonds. The first-order chi connectivity index (χ1) is 12.6. The number of nitrogens with one attached hydrogen (secondary N) is 2. The fourth-order valence-electron chi connectivity index (χ4n) is 3.09. The summed E-state index contributed by atoms with van der Waals surface area (Å²) < 4.78 is 0. The van der Waals surface area contributed by atoms with Gasteiger partial charge in [0.05, 0.1) is 5.57 Å². The smallest absolute Gasteiger partial charge is 0.404 e. The lowest BCUT2D eigenvalue weighted by molar-refractivity contribution is -0.124. The third-order valence-corrected chi connectivity index (χ3v) is 4.51. The molecule has 1 aliphatic carbocycles. The maximum absolute atomic E-state index is 12.3. The SMILES string of the molecule is O=C(O)NCCCCCCNC=C1C(=O)CC(c2ccccc2)CC1=O. The van der Waals surface area contributed by atoms with Gasteiger partial charge in [-0.05, 0) is 24.3 Å². The highest BCUT2D eigenvalue weighted by atomic mass is 16.4. The predicted octanol–water partition coefficient (Wildman–Crippen LogP) is 3.00. The van der Waals surface area contributed by atoms with E-state index < -0.39 is 6.09 Å². The second-order valence-electron chi connectivity index (χ2n) is 6.52. The summed E-state index contributed by atoms with van der Waals surface area (Å²) in [5.41, 5.74) is 1.32. The summed E-state index contributed by atoms with van der Waals surface area (Å²) in [6.45, 7) is 1.16. The van der Waals surface area contributed by atoms with Crippen LogP contribution >= 0.6 is 0 Å². The zero-order valence-corrected chi connectivity index (χ0v) is 14.9. The summed E-state index contributed by atoms with van der Waals surface area (Å²) in [6, 6.07) is 9.70. The van der Waals surface area contributed by atoms with Gasteiger partial charge in [0, 0.05) is 32.1 Å². The summed E-state index contributed by atoms with van der Waals surface area (Å²) in [7, 11) is 0. The number of benzene rings is 1. The molecule has 0 unspecified atom stereocenters. The molecule has 6 heteroatoms. The number of carbonyl (C=O) groups is 3. The average Bonchev–Trinajstić information content (AvgIpc) is 2.62. The third-order valence-electron chi connectivity index (χ3n) is 4.51. The number of carboxylic acid groups (broad SMARTS) is 1. The second kappa shape index (κ2) is 10.4. The van der Waals surface area contributed by atoms with E-state index in [1.165, 1.54) is 0 Å². The number of Topliss-reactive ketones (excluding diaryl/α,β-unsaturated/α-hetero) is 2. The quantitative estimate of drug-likeness (QED) is 0.358. The van der Waals surface area contributed by atoms with E-state index in [-0.39, 0.29) is 23.1 Å². The van der Waals surface area contributed by atoms with Gasteiger partial charge in [0.15, 0.2) is 11.6 Å². The lowest BCUT2D eigenvalue weighted by Gasteiger charge is -2.22. The van der Waals surface area contributed by atoms with Crippen LogP contribution in [0.25, 0.3) is 0 Å². The van der Waals surface area contributed by atoms with Gasteiger partial charge in [-0.25, -0.2) is 4.79 Å².